The molecule has 0 spiro atoms. The molecule has 1 saturated carbocycles. The predicted molar refractivity (Wildman–Crippen MR) is 106 cm³/mol. The molecule has 27 heavy (non-hydrogen) atoms. The number of piperidine rings is 1. The molecule has 1 aromatic carbocycles. The van der Waals surface area contributed by atoms with E-state index in [-0.39, 0.29) is 17.9 Å². The summed E-state index contributed by atoms with van der Waals surface area (Å²) in [6.45, 7) is 7.35. The minimum atomic E-state index is -0.497. The first kappa shape index (κ1) is 20.0. The lowest BCUT2D eigenvalue weighted by Gasteiger charge is -2.35. The zero-order valence-electron chi connectivity index (χ0n) is 16.4. The molecule has 0 atom stereocenters. The summed E-state index contributed by atoms with van der Waals surface area (Å²) in [5.41, 5.74) is 0.567. The van der Waals surface area contributed by atoms with Crippen LogP contribution in [0, 0.1) is 5.92 Å². The fraction of sp³-hybridized carbons (Fsp3) is 0.619. The molecule has 0 bridgehead atoms. The standard InChI is InChI=1S/C21H29ClN2O3/c1-21(2,3)27-20(26)23-11-9-16(10-12-23)19(25)24(18-7-8-18)14-15-5-4-6-17(22)13-15/h4-6,13,16,18H,7-12,14H2,1-3H3. The van der Waals surface area contributed by atoms with E-state index in [2.05, 4.69) is 0 Å². The van der Waals surface area contributed by atoms with Gasteiger partial charge in [-0.3, -0.25) is 4.79 Å². The van der Waals surface area contributed by atoms with E-state index in [0.29, 0.717) is 43.5 Å². The van der Waals surface area contributed by atoms with Crippen LogP contribution in [-0.2, 0) is 16.1 Å². The largest absolute Gasteiger partial charge is 0.444 e. The monoisotopic (exact) mass is 392 g/mol. The van der Waals surface area contributed by atoms with Gasteiger partial charge in [-0.2, -0.15) is 0 Å². The van der Waals surface area contributed by atoms with Gasteiger partial charge in [0.15, 0.2) is 0 Å². The van der Waals surface area contributed by atoms with Crippen molar-refractivity contribution in [2.24, 2.45) is 5.92 Å². The molecule has 2 aliphatic rings. The highest BCUT2D eigenvalue weighted by Crippen LogP contribution is 2.32. The van der Waals surface area contributed by atoms with Crippen molar-refractivity contribution in [1.82, 2.24) is 9.80 Å². The first-order valence-electron chi connectivity index (χ1n) is 9.76. The summed E-state index contributed by atoms with van der Waals surface area (Å²) in [5, 5.41) is 0.696. The smallest absolute Gasteiger partial charge is 0.410 e. The third-order valence-corrected chi connectivity index (χ3v) is 5.24. The van der Waals surface area contributed by atoms with Crippen molar-refractivity contribution >= 4 is 23.6 Å². The molecule has 1 aromatic rings. The lowest BCUT2D eigenvalue weighted by Crippen LogP contribution is -2.46. The van der Waals surface area contributed by atoms with Gasteiger partial charge in [0.05, 0.1) is 0 Å². The minimum Gasteiger partial charge on any atom is -0.444 e. The van der Waals surface area contributed by atoms with Crippen LogP contribution >= 0.6 is 11.6 Å². The van der Waals surface area contributed by atoms with E-state index in [0.717, 1.165) is 18.4 Å². The number of nitrogens with zero attached hydrogens (tertiary/aromatic N) is 2. The number of amides is 2. The number of hydrogen-bond donors (Lipinski definition) is 0. The maximum atomic E-state index is 13.1. The second-order valence-electron chi connectivity index (χ2n) is 8.57. The molecular formula is C21H29ClN2O3. The normalized spacial score (nSPS) is 18.3. The molecule has 148 valence electrons. The molecule has 5 nitrogen and oxygen atoms in total. The number of ether oxygens (including phenoxy) is 1. The van der Waals surface area contributed by atoms with Crippen molar-refractivity contribution in [2.45, 2.75) is 64.6 Å². The Hall–Kier alpha value is -1.75. The van der Waals surface area contributed by atoms with Crippen LogP contribution in [0.4, 0.5) is 4.79 Å². The Morgan fingerprint density at radius 2 is 1.85 bits per heavy atom. The molecule has 0 unspecified atom stereocenters. The Labute approximate surface area is 166 Å². The Bertz CT molecular complexity index is 689. The zero-order valence-corrected chi connectivity index (χ0v) is 17.2. The molecule has 1 heterocycles. The van der Waals surface area contributed by atoms with Crippen LogP contribution in [0.1, 0.15) is 52.0 Å². The lowest BCUT2D eigenvalue weighted by molar-refractivity contribution is -0.138. The summed E-state index contributed by atoms with van der Waals surface area (Å²) in [4.78, 5) is 29.1. The van der Waals surface area contributed by atoms with Crippen LogP contribution in [0.5, 0.6) is 0 Å². The summed E-state index contributed by atoms with van der Waals surface area (Å²) < 4.78 is 5.44. The summed E-state index contributed by atoms with van der Waals surface area (Å²) in [6, 6.07) is 8.06. The Balaban J connectivity index is 1.57. The first-order chi connectivity index (χ1) is 12.7. The fourth-order valence-corrected chi connectivity index (χ4v) is 3.69. The van der Waals surface area contributed by atoms with Crippen molar-refractivity contribution in [1.29, 1.82) is 0 Å². The predicted octanol–water partition coefficient (Wildman–Crippen LogP) is 4.48. The van der Waals surface area contributed by atoms with Crippen LogP contribution in [0.25, 0.3) is 0 Å². The average Bonchev–Trinajstić information content (AvgIpc) is 3.43. The van der Waals surface area contributed by atoms with Gasteiger partial charge in [-0.1, -0.05) is 23.7 Å². The summed E-state index contributed by atoms with van der Waals surface area (Å²) >= 11 is 6.09. The molecule has 0 radical (unpaired) electrons. The summed E-state index contributed by atoms with van der Waals surface area (Å²) in [6.07, 6.45) is 3.24. The molecule has 0 N–H and O–H groups in total. The number of rotatable bonds is 4. The molecule has 0 aromatic heterocycles. The maximum absolute atomic E-state index is 13.1. The number of carbonyl (C=O) groups is 2. The van der Waals surface area contributed by atoms with E-state index in [9.17, 15) is 9.59 Å². The molecule has 1 aliphatic carbocycles. The topological polar surface area (TPSA) is 49.9 Å². The van der Waals surface area contributed by atoms with Crippen molar-refractivity contribution in [3.63, 3.8) is 0 Å². The number of hydrogen-bond acceptors (Lipinski definition) is 3. The highest BCUT2D eigenvalue weighted by molar-refractivity contribution is 6.30. The first-order valence-corrected chi connectivity index (χ1v) is 10.1. The van der Waals surface area contributed by atoms with Crippen molar-refractivity contribution in [2.75, 3.05) is 13.1 Å². The summed E-state index contributed by atoms with van der Waals surface area (Å²) in [5.74, 6) is 0.185. The van der Waals surface area contributed by atoms with Gasteiger partial charge in [0, 0.05) is 36.6 Å². The molecule has 1 saturated heterocycles. The van der Waals surface area contributed by atoms with Gasteiger partial charge in [-0.15, -0.1) is 0 Å². The lowest BCUT2D eigenvalue weighted by atomic mass is 9.95. The van der Waals surface area contributed by atoms with E-state index in [4.69, 9.17) is 16.3 Å². The Morgan fingerprint density at radius 3 is 2.41 bits per heavy atom. The van der Waals surface area contributed by atoms with Gasteiger partial charge in [0.1, 0.15) is 5.60 Å². The van der Waals surface area contributed by atoms with Crippen LogP contribution in [0.2, 0.25) is 5.02 Å². The van der Waals surface area contributed by atoms with Gasteiger partial charge >= 0.3 is 6.09 Å². The van der Waals surface area contributed by atoms with Crippen LogP contribution < -0.4 is 0 Å². The van der Waals surface area contributed by atoms with Crippen molar-refractivity contribution in [3.05, 3.63) is 34.9 Å². The number of halogens is 1. The second-order valence-corrected chi connectivity index (χ2v) is 9.01. The average molecular weight is 393 g/mol. The van der Waals surface area contributed by atoms with Crippen LogP contribution in [-0.4, -0.2) is 46.5 Å². The molecule has 2 amide bonds. The molecule has 1 aliphatic heterocycles. The number of carbonyl (C=O) groups excluding carboxylic acids is 2. The van der Waals surface area contributed by atoms with Crippen molar-refractivity contribution < 1.29 is 14.3 Å². The maximum Gasteiger partial charge on any atom is 0.410 e. The molecule has 2 fully saturated rings. The third-order valence-electron chi connectivity index (χ3n) is 5.01. The van der Waals surface area contributed by atoms with Gasteiger partial charge in [0.25, 0.3) is 0 Å². The molecule has 3 rings (SSSR count). The van der Waals surface area contributed by atoms with Crippen LogP contribution in [0.3, 0.4) is 0 Å². The van der Waals surface area contributed by atoms with Gasteiger partial charge < -0.3 is 14.5 Å². The molecular weight excluding hydrogens is 364 g/mol. The summed E-state index contributed by atoms with van der Waals surface area (Å²) in [7, 11) is 0. The van der Waals surface area contributed by atoms with E-state index >= 15 is 0 Å². The van der Waals surface area contributed by atoms with E-state index in [1.807, 2.05) is 49.9 Å². The third kappa shape index (κ3) is 5.61. The highest BCUT2D eigenvalue weighted by atomic mass is 35.5. The van der Waals surface area contributed by atoms with Crippen molar-refractivity contribution in [3.8, 4) is 0 Å². The van der Waals surface area contributed by atoms with Gasteiger partial charge in [0.2, 0.25) is 5.91 Å². The number of likely N-dealkylation sites (tertiary alicyclic amines) is 1. The zero-order chi connectivity index (χ0) is 19.6. The Morgan fingerprint density at radius 1 is 1.19 bits per heavy atom. The van der Waals surface area contributed by atoms with E-state index in [1.165, 1.54) is 0 Å². The minimum absolute atomic E-state index is 0.0246. The Kier molecular flexibility index (Phi) is 5.99. The number of benzene rings is 1. The fourth-order valence-electron chi connectivity index (χ4n) is 3.48. The second kappa shape index (κ2) is 8.09. The van der Waals surface area contributed by atoms with E-state index < -0.39 is 5.60 Å². The van der Waals surface area contributed by atoms with Gasteiger partial charge in [-0.05, 0) is 64.2 Å². The van der Waals surface area contributed by atoms with Crippen LogP contribution in [0.15, 0.2) is 24.3 Å². The van der Waals surface area contributed by atoms with Gasteiger partial charge in [-0.25, -0.2) is 4.79 Å². The SMILES string of the molecule is CC(C)(C)OC(=O)N1CCC(C(=O)N(Cc2cccc(Cl)c2)C2CC2)CC1. The quantitative estimate of drug-likeness (QED) is 0.759. The molecule has 6 heteroatoms. The highest BCUT2D eigenvalue weighted by Gasteiger charge is 2.38. The van der Waals surface area contributed by atoms with E-state index in [1.54, 1.807) is 4.90 Å².